The average molecular weight is 326 g/mol. The first-order chi connectivity index (χ1) is 11.5. The highest BCUT2D eigenvalue weighted by molar-refractivity contribution is 5.85. The number of carbonyl (C=O) groups excluding carboxylic acids is 1. The standard InChI is InChI=1S/C20H13F3O/c21-20(22,23)19(24)15-18(17-12-5-2-6-13-17)14-8-7-11-16-9-3-1-4-10-16/h1-6,9-10,12-13,18H,15H2. The number of ketones is 1. The van der Waals surface area contributed by atoms with Crippen molar-refractivity contribution in [2.75, 3.05) is 0 Å². The molecule has 0 saturated heterocycles. The molecule has 0 aliphatic rings. The van der Waals surface area contributed by atoms with Gasteiger partial charge in [-0.3, -0.25) is 4.79 Å². The summed E-state index contributed by atoms with van der Waals surface area (Å²) < 4.78 is 37.5. The number of hydrogen-bond acceptors (Lipinski definition) is 1. The molecule has 0 aliphatic carbocycles. The lowest BCUT2D eigenvalue weighted by Gasteiger charge is -2.11. The van der Waals surface area contributed by atoms with E-state index >= 15 is 0 Å². The summed E-state index contributed by atoms with van der Waals surface area (Å²) in [4.78, 5) is 11.3. The Hall–Kier alpha value is -2.98. The zero-order valence-electron chi connectivity index (χ0n) is 12.6. The molecule has 120 valence electrons. The van der Waals surface area contributed by atoms with E-state index in [1.807, 2.05) is 18.2 Å². The van der Waals surface area contributed by atoms with Gasteiger partial charge >= 0.3 is 6.18 Å². The third kappa shape index (κ3) is 5.34. The van der Waals surface area contributed by atoms with E-state index in [1.165, 1.54) is 0 Å². The monoisotopic (exact) mass is 326 g/mol. The van der Waals surface area contributed by atoms with Crippen molar-refractivity contribution in [3.63, 3.8) is 0 Å². The molecule has 0 N–H and O–H groups in total. The minimum Gasteiger partial charge on any atom is -0.290 e. The van der Waals surface area contributed by atoms with Crippen LogP contribution in [0.2, 0.25) is 0 Å². The molecule has 4 heteroatoms. The summed E-state index contributed by atoms with van der Waals surface area (Å²) in [6.45, 7) is 0. The summed E-state index contributed by atoms with van der Waals surface area (Å²) in [5.74, 6) is 8.01. The molecule has 0 bridgehead atoms. The Kier molecular flexibility index (Phi) is 5.82. The van der Waals surface area contributed by atoms with Crippen molar-refractivity contribution in [1.82, 2.24) is 0 Å². The summed E-state index contributed by atoms with van der Waals surface area (Å²) >= 11 is 0. The quantitative estimate of drug-likeness (QED) is 0.767. The fourth-order valence-electron chi connectivity index (χ4n) is 1.99. The first-order valence-corrected chi connectivity index (χ1v) is 7.18. The van der Waals surface area contributed by atoms with Crippen LogP contribution in [-0.2, 0) is 4.79 Å². The molecule has 0 aliphatic heterocycles. The maximum atomic E-state index is 12.5. The average Bonchev–Trinajstić information content (AvgIpc) is 2.58. The van der Waals surface area contributed by atoms with Crippen LogP contribution in [0.3, 0.4) is 0 Å². The molecule has 0 fully saturated rings. The minimum atomic E-state index is -4.86. The number of carbonyl (C=O) groups is 1. The van der Waals surface area contributed by atoms with Gasteiger partial charge in [0.05, 0.1) is 5.92 Å². The van der Waals surface area contributed by atoms with Gasteiger partial charge in [0.15, 0.2) is 0 Å². The number of alkyl halides is 3. The van der Waals surface area contributed by atoms with Gasteiger partial charge in [0.1, 0.15) is 0 Å². The SMILES string of the molecule is O=C(CC(C#CC#Cc1ccccc1)c1ccccc1)C(F)(F)F. The number of halogens is 3. The van der Waals surface area contributed by atoms with Crippen molar-refractivity contribution in [3.05, 3.63) is 71.8 Å². The molecule has 2 aromatic carbocycles. The van der Waals surface area contributed by atoms with Crippen LogP contribution in [-0.4, -0.2) is 12.0 Å². The Morgan fingerprint density at radius 2 is 1.50 bits per heavy atom. The summed E-state index contributed by atoms with van der Waals surface area (Å²) in [7, 11) is 0. The van der Waals surface area contributed by atoms with E-state index in [1.54, 1.807) is 42.5 Å². The van der Waals surface area contributed by atoms with Crippen molar-refractivity contribution in [3.8, 4) is 23.7 Å². The second-order valence-corrected chi connectivity index (χ2v) is 4.97. The molecule has 2 aromatic rings. The van der Waals surface area contributed by atoms with Gasteiger partial charge in [0.25, 0.3) is 0 Å². The van der Waals surface area contributed by atoms with Crippen molar-refractivity contribution >= 4 is 5.78 Å². The molecule has 2 rings (SSSR count). The van der Waals surface area contributed by atoms with Crippen LogP contribution in [0.5, 0.6) is 0 Å². The van der Waals surface area contributed by atoms with E-state index in [4.69, 9.17) is 0 Å². The second-order valence-electron chi connectivity index (χ2n) is 4.97. The van der Waals surface area contributed by atoms with Crippen LogP contribution in [0.15, 0.2) is 60.7 Å². The van der Waals surface area contributed by atoms with Crippen LogP contribution >= 0.6 is 0 Å². The van der Waals surface area contributed by atoms with Crippen molar-refractivity contribution in [2.45, 2.75) is 18.5 Å². The topological polar surface area (TPSA) is 17.1 Å². The minimum absolute atomic E-state index is 0.559. The predicted octanol–water partition coefficient (Wildman–Crippen LogP) is 4.35. The smallest absolute Gasteiger partial charge is 0.290 e. The lowest BCUT2D eigenvalue weighted by atomic mass is 9.94. The summed E-state index contributed by atoms with van der Waals surface area (Å²) in [6.07, 6.45) is -5.57. The van der Waals surface area contributed by atoms with E-state index in [0.717, 1.165) is 5.56 Å². The zero-order chi connectivity index (χ0) is 17.4. The van der Waals surface area contributed by atoms with Crippen molar-refractivity contribution in [1.29, 1.82) is 0 Å². The third-order valence-corrected chi connectivity index (χ3v) is 3.20. The van der Waals surface area contributed by atoms with E-state index in [9.17, 15) is 18.0 Å². The molecule has 1 atom stereocenters. The lowest BCUT2D eigenvalue weighted by Crippen LogP contribution is -2.24. The number of rotatable bonds is 3. The van der Waals surface area contributed by atoms with Crippen LogP contribution in [0.1, 0.15) is 23.5 Å². The Morgan fingerprint density at radius 3 is 2.08 bits per heavy atom. The Labute approximate surface area is 138 Å². The molecule has 24 heavy (non-hydrogen) atoms. The van der Waals surface area contributed by atoms with Crippen LogP contribution in [0.25, 0.3) is 0 Å². The Bertz CT molecular complexity index is 800. The molecule has 0 heterocycles. The second kappa shape index (κ2) is 8.04. The number of hydrogen-bond donors (Lipinski definition) is 0. The molecule has 0 spiro atoms. The van der Waals surface area contributed by atoms with Crippen LogP contribution in [0, 0.1) is 23.7 Å². The largest absolute Gasteiger partial charge is 0.450 e. The fraction of sp³-hybridized carbons (Fsp3) is 0.150. The molecule has 1 nitrogen and oxygen atoms in total. The van der Waals surface area contributed by atoms with Gasteiger partial charge in [-0.1, -0.05) is 60.4 Å². The fourth-order valence-corrected chi connectivity index (χ4v) is 1.99. The van der Waals surface area contributed by atoms with Gasteiger partial charge in [-0.2, -0.15) is 13.2 Å². The highest BCUT2D eigenvalue weighted by atomic mass is 19.4. The highest BCUT2D eigenvalue weighted by Gasteiger charge is 2.39. The highest BCUT2D eigenvalue weighted by Crippen LogP contribution is 2.25. The molecular weight excluding hydrogens is 313 g/mol. The van der Waals surface area contributed by atoms with E-state index in [0.29, 0.717) is 5.56 Å². The first kappa shape index (κ1) is 17.4. The maximum absolute atomic E-state index is 12.5. The zero-order valence-corrected chi connectivity index (χ0v) is 12.6. The predicted molar refractivity (Wildman–Crippen MR) is 86.0 cm³/mol. The lowest BCUT2D eigenvalue weighted by molar-refractivity contribution is -0.171. The van der Waals surface area contributed by atoms with E-state index in [2.05, 4.69) is 23.7 Å². The van der Waals surface area contributed by atoms with Crippen molar-refractivity contribution in [2.24, 2.45) is 0 Å². The molecule has 0 saturated carbocycles. The van der Waals surface area contributed by atoms with Crippen LogP contribution in [0.4, 0.5) is 13.2 Å². The first-order valence-electron chi connectivity index (χ1n) is 7.18. The Balaban J connectivity index is 2.20. The Morgan fingerprint density at radius 1 is 0.917 bits per heavy atom. The van der Waals surface area contributed by atoms with E-state index < -0.39 is 24.3 Å². The number of benzene rings is 2. The molecular formula is C20H13F3O. The summed E-state index contributed by atoms with van der Waals surface area (Å²) in [5, 5.41) is 0. The molecule has 0 aromatic heterocycles. The molecule has 0 radical (unpaired) electrons. The summed E-state index contributed by atoms with van der Waals surface area (Å²) in [5.41, 5.74) is 1.32. The van der Waals surface area contributed by atoms with Gasteiger partial charge in [0.2, 0.25) is 5.78 Å². The van der Waals surface area contributed by atoms with Crippen LogP contribution < -0.4 is 0 Å². The van der Waals surface area contributed by atoms with Gasteiger partial charge in [-0.05, 0) is 29.5 Å². The van der Waals surface area contributed by atoms with E-state index in [-0.39, 0.29) is 0 Å². The normalized spacial score (nSPS) is 11.5. The van der Waals surface area contributed by atoms with Gasteiger partial charge in [0, 0.05) is 12.0 Å². The van der Waals surface area contributed by atoms with Gasteiger partial charge in [-0.25, -0.2) is 0 Å². The molecule has 0 amide bonds. The van der Waals surface area contributed by atoms with Gasteiger partial charge < -0.3 is 0 Å². The number of Topliss-reactive ketones (excluding diaryl/α,β-unsaturated/α-hetero) is 1. The summed E-state index contributed by atoms with van der Waals surface area (Å²) in [6, 6.07) is 17.5. The molecule has 1 unspecified atom stereocenters. The van der Waals surface area contributed by atoms with Gasteiger partial charge in [-0.15, -0.1) is 0 Å². The maximum Gasteiger partial charge on any atom is 0.450 e. The van der Waals surface area contributed by atoms with Crippen molar-refractivity contribution < 1.29 is 18.0 Å². The third-order valence-electron chi connectivity index (χ3n) is 3.20.